The summed E-state index contributed by atoms with van der Waals surface area (Å²) in [6.45, 7) is 6.43. The number of methoxy groups -OCH3 is 1. The van der Waals surface area contributed by atoms with Crippen LogP contribution in [-0.4, -0.2) is 53.4 Å². The molecular weight excluding hydrogens is 382 g/mol. The number of aliphatic hydroxyl groups excluding tert-OH is 2. The van der Waals surface area contributed by atoms with Crippen molar-refractivity contribution in [2.45, 2.75) is 57.9 Å². The number of benzene rings is 1. The molecule has 1 aliphatic rings. The monoisotopic (exact) mass is 407 g/mol. The van der Waals surface area contributed by atoms with Gasteiger partial charge in [-0.1, -0.05) is 0 Å². The van der Waals surface area contributed by atoms with Crippen LogP contribution in [0.25, 0.3) is 11.0 Å². The number of carbonyl (C=O) groups excluding carboxylic acids is 1. The summed E-state index contributed by atoms with van der Waals surface area (Å²) in [7, 11) is 1.43. The minimum atomic E-state index is -1.35. The summed E-state index contributed by atoms with van der Waals surface area (Å²) in [5.41, 5.74) is -0.781. The van der Waals surface area contributed by atoms with Crippen molar-refractivity contribution in [3.63, 3.8) is 0 Å². The lowest BCUT2D eigenvalue weighted by Gasteiger charge is -2.46. The molecule has 9 nitrogen and oxygen atoms in total. The Hall–Kier alpha value is -2.46. The number of anilines is 1. The molecule has 158 valence electrons. The van der Waals surface area contributed by atoms with Crippen LogP contribution < -0.4 is 15.7 Å². The van der Waals surface area contributed by atoms with E-state index in [0.717, 1.165) is 0 Å². The zero-order valence-corrected chi connectivity index (χ0v) is 16.9. The molecule has 1 fully saturated rings. The molecule has 1 aromatic heterocycles. The van der Waals surface area contributed by atoms with Crippen LogP contribution in [0.3, 0.4) is 0 Å². The summed E-state index contributed by atoms with van der Waals surface area (Å²) in [5, 5.41) is 23.8. The van der Waals surface area contributed by atoms with Gasteiger partial charge in [-0.15, -0.1) is 0 Å². The van der Waals surface area contributed by atoms with Gasteiger partial charge in [-0.3, -0.25) is 4.79 Å². The van der Waals surface area contributed by atoms with Crippen LogP contribution in [-0.2, 0) is 14.3 Å². The number of rotatable bonds is 4. The van der Waals surface area contributed by atoms with E-state index in [1.807, 2.05) is 0 Å². The molecule has 0 aliphatic carbocycles. The maximum absolute atomic E-state index is 12.1. The molecule has 0 bridgehead atoms. The minimum absolute atomic E-state index is 0.0413. The van der Waals surface area contributed by atoms with E-state index in [-0.39, 0.29) is 17.2 Å². The molecule has 9 heteroatoms. The second-order valence-electron chi connectivity index (χ2n) is 7.58. The summed E-state index contributed by atoms with van der Waals surface area (Å²) in [6.07, 6.45) is -4.46. The maximum Gasteiger partial charge on any atom is 0.360 e. The molecule has 0 radical (unpaired) electrons. The number of ether oxygens (including phenoxy) is 3. The van der Waals surface area contributed by atoms with E-state index in [9.17, 15) is 19.8 Å². The molecule has 3 N–H and O–H groups in total. The third-order valence-electron chi connectivity index (χ3n) is 4.95. The van der Waals surface area contributed by atoms with Crippen molar-refractivity contribution in [3.8, 4) is 5.75 Å². The van der Waals surface area contributed by atoms with Crippen molar-refractivity contribution < 1.29 is 33.6 Å². The molecule has 29 heavy (non-hydrogen) atoms. The molecule has 0 saturated carbocycles. The number of amides is 1. The van der Waals surface area contributed by atoms with Gasteiger partial charge in [0.1, 0.15) is 35.3 Å². The highest BCUT2D eigenvalue weighted by molar-refractivity contribution is 5.91. The van der Waals surface area contributed by atoms with E-state index < -0.39 is 35.8 Å². The Morgan fingerprint density at radius 2 is 1.93 bits per heavy atom. The molecule has 1 aromatic carbocycles. The van der Waals surface area contributed by atoms with E-state index in [1.54, 1.807) is 32.9 Å². The normalized spacial score (nSPS) is 26.3. The minimum Gasteiger partial charge on any atom is -0.462 e. The molecular formula is C20H25NO8. The predicted octanol–water partition coefficient (Wildman–Crippen LogP) is 1.31. The van der Waals surface area contributed by atoms with E-state index in [0.29, 0.717) is 16.7 Å². The molecule has 1 amide bonds. The molecule has 2 heterocycles. The van der Waals surface area contributed by atoms with Crippen molar-refractivity contribution in [2.75, 3.05) is 12.4 Å². The Morgan fingerprint density at radius 3 is 2.55 bits per heavy atom. The van der Waals surface area contributed by atoms with Crippen LogP contribution in [0.2, 0.25) is 0 Å². The summed E-state index contributed by atoms with van der Waals surface area (Å²) in [4.78, 5) is 23.4. The van der Waals surface area contributed by atoms with Crippen LogP contribution in [0.15, 0.2) is 27.4 Å². The first-order chi connectivity index (χ1) is 13.5. The fourth-order valence-electron chi connectivity index (χ4n) is 3.54. The second kappa shape index (κ2) is 7.75. The second-order valence-corrected chi connectivity index (χ2v) is 7.58. The summed E-state index contributed by atoms with van der Waals surface area (Å²) in [6, 6.07) is 4.80. The fourth-order valence-corrected chi connectivity index (χ4v) is 3.54. The van der Waals surface area contributed by atoms with Crippen molar-refractivity contribution in [2.24, 2.45) is 0 Å². The average molecular weight is 407 g/mol. The molecule has 2 aromatic rings. The van der Waals surface area contributed by atoms with Gasteiger partial charge in [-0.2, -0.15) is 0 Å². The average Bonchev–Trinajstić information content (AvgIpc) is 2.63. The molecule has 4 atom stereocenters. The number of nitrogens with one attached hydrogen (secondary N) is 1. The molecule has 3 rings (SSSR count). The van der Waals surface area contributed by atoms with E-state index in [2.05, 4.69) is 5.32 Å². The third kappa shape index (κ3) is 3.99. The maximum atomic E-state index is 12.1. The van der Waals surface area contributed by atoms with Gasteiger partial charge in [0, 0.05) is 25.0 Å². The van der Waals surface area contributed by atoms with Crippen molar-refractivity contribution in [3.05, 3.63) is 34.2 Å². The lowest BCUT2D eigenvalue weighted by molar-refractivity contribution is -0.306. The topological polar surface area (TPSA) is 127 Å². The molecule has 0 spiro atoms. The largest absolute Gasteiger partial charge is 0.462 e. The van der Waals surface area contributed by atoms with Crippen molar-refractivity contribution in [1.29, 1.82) is 0 Å². The molecule has 1 aliphatic heterocycles. The van der Waals surface area contributed by atoms with Crippen LogP contribution in [0.4, 0.5) is 5.69 Å². The number of fused-ring (bicyclic) bond motifs is 1. The van der Waals surface area contributed by atoms with Crippen LogP contribution in [0.5, 0.6) is 5.75 Å². The number of aliphatic hydroxyl groups is 2. The zero-order valence-electron chi connectivity index (χ0n) is 16.9. The van der Waals surface area contributed by atoms with Gasteiger partial charge in [0.25, 0.3) is 0 Å². The lowest BCUT2D eigenvalue weighted by atomic mass is 9.89. The summed E-state index contributed by atoms with van der Waals surface area (Å²) < 4.78 is 22.2. The summed E-state index contributed by atoms with van der Waals surface area (Å²) >= 11 is 0. The standard InChI is InChI=1S/C20H25NO8/c1-9-13(27-19-15(24)14(23)17(26-5)20(3,4)29-19)7-6-11-8-12(21-10(2)22)18(25)28-16(9)11/h6-8,14-15,17,19,23-24H,1-5H3,(H,21,22)/t14?,15?,17?,19-/m1/s1. The first-order valence-electron chi connectivity index (χ1n) is 9.13. The van der Waals surface area contributed by atoms with Crippen LogP contribution in [0.1, 0.15) is 26.3 Å². The highest BCUT2D eigenvalue weighted by Crippen LogP contribution is 2.34. The van der Waals surface area contributed by atoms with Gasteiger partial charge in [0.05, 0.1) is 5.60 Å². The lowest BCUT2D eigenvalue weighted by Crippen LogP contribution is -2.63. The Balaban J connectivity index is 1.93. The van der Waals surface area contributed by atoms with E-state index in [4.69, 9.17) is 18.6 Å². The smallest absolute Gasteiger partial charge is 0.360 e. The summed E-state index contributed by atoms with van der Waals surface area (Å²) in [5.74, 6) is -0.0665. The highest BCUT2D eigenvalue weighted by Gasteiger charge is 2.50. The Morgan fingerprint density at radius 1 is 1.24 bits per heavy atom. The third-order valence-corrected chi connectivity index (χ3v) is 4.95. The number of carbonyl (C=O) groups is 1. The first kappa shape index (κ1) is 21.3. The van der Waals surface area contributed by atoms with Gasteiger partial charge < -0.3 is 34.2 Å². The number of aryl methyl sites for hydroxylation is 1. The molecule has 1 saturated heterocycles. The molecule has 3 unspecified atom stereocenters. The Bertz CT molecular complexity index is 982. The number of hydrogen-bond acceptors (Lipinski definition) is 8. The van der Waals surface area contributed by atoms with E-state index >= 15 is 0 Å². The van der Waals surface area contributed by atoms with E-state index in [1.165, 1.54) is 20.1 Å². The zero-order chi connectivity index (χ0) is 21.5. The van der Waals surface area contributed by atoms with Gasteiger partial charge in [0.15, 0.2) is 0 Å². The van der Waals surface area contributed by atoms with Crippen LogP contribution in [0, 0.1) is 6.92 Å². The SMILES string of the molecule is COC1C(O)C(O)[C@H](Oc2ccc3cc(NC(C)=O)c(=O)oc3c2C)OC1(C)C. The number of hydrogen-bond donors (Lipinski definition) is 3. The fraction of sp³-hybridized carbons (Fsp3) is 0.500. The van der Waals surface area contributed by atoms with Gasteiger partial charge in [-0.25, -0.2) is 4.79 Å². The van der Waals surface area contributed by atoms with Crippen molar-refractivity contribution in [1.82, 2.24) is 0 Å². The van der Waals surface area contributed by atoms with Crippen molar-refractivity contribution >= 4 is 22.6 Å². The Kier molecular flexibility index (Phi) is 5.68. The van der Waals surface area contributed by atoms with Gasteiger partial charge in [0.2, 0.25) is 12.2 Å². The highest BCUT2D eigenvalue weighted by atomic mass is 16.7. The van der Waals surface area contributed by atoms with Gasteiger partial charge >= 0.3 is 5.63 Å². The quantitative estimate of drug-likeness (QED) is 0.648. The Labute approximate surface area is 167 Å². The van der Waals surface area contributed by atoms with Gasteiger partial charge in [-0.05, 0) is 39.0 Å². The predicted molar refractivity (Wildman–Crippen MR) is 104 cm³/mol. The van der Waals surface area contributed by atoms with Crippen LogP contribution >= 0.6 is 0 Å². The first-order valence-corrected chi connectivity index (χ1v) is 9.13.